The SMILES string of the molecule is O=C(N1CCC(c2nc(-c3ccncc3)[nH]c(=O)c2Cl)CC1)C(F)(F)F.O=C(OC(=O)C(F)(F)F)C(F)(F)F.O=CC(F)(F)F.O=c1[nH]c(-c2ccncc2)nc(C2CCNCC2)c1Cl. The molecule has 0 unspecified atom stereocenters. The molecule has 2 aliphatic heterocycles. The molecule has 354 valence electrons. The van der Waals surface area contributed by atoms with Gasteiger partial charge in [-0.25, -0.2) is 19.6 Å². The van der Waals surface area contributed by atoms with E-state index in [1.807, 2.05) is 12.1 Å². The number of hydrogen-bond donors (Lipinski definition) is 3. The maximum Gasteiger partial charge on any atom is 0.491 e. The standard InChI is InChI=1S/C16H14ClF3N4O2.C14H15ClN4O.C4F6O3.C2HF3O/c17-11-12(9-3-7-24(8-4-9)15(26)16(18,19)20)22-13(23-14(11)25)10-1-5-21-6-2-10;15-11-12(9-1-5-16-6-2-9)18-13(19-14(11)20)10-3-7-17-8-4-10;5-3(6,7)1(11)13-2(12)4(8,9)10;3-2(4,5)1-6/h1-2,5-6,9H,3-4,7-8H2,(H,22,23,25);3-4,7-9,16H,1-2,5-6H2,(H,18,19,20);;1H. The Kier molecular flexibility index (Phi) is 18.7. The zero-order valence-electron chi connectivity index (χ0n) is 32.4. The zero-order valence-corrected chi connectivity index (χ0v) is 33.9. The summed E-state index contributed by atoms with van der Waals surface area (Å²) in [5, 5.41) is 3.44. The topological polar surface area (TPSA) is 210 Å². The number of pyridine rings is 2. The van der Waals surface area contributed by atoms with Crippen LogP contribution in [-0.4, -0.2) is 110 Å². The predicted octanol–water partition coefficient (Wildman–Crippen LogP) is 6.63. The van der Waals surface area contributed by atoms with E-state index < -0.39 is 54.4 Å². The van der Waals surface area contributed by atoms with Crippen LogP contribution in [0.2, 0.25) is 10.0 Å². The number of rotatable bonds is 4. The lowest BCUT2D eigenvalue weighted by Crippen LogP contribution is -2.45. The number of carbonyl (C=O) groups is 4. The summed E-state index contributed by atoms with van der Waals surface area (Å²) < 4.78 is 139. The normalized spacial score (nSPS) is 14.9. The lowest BCUT2D eigenvalue weighted by Gasteiger charge is -2.32. The molecule has 0 radical (unpaired) electrons. The molecule has 0 spiro atoms. The molecule has 6 heterocycles. The van der Waals surface area contributed by atoms with Crippen molar-refractivity contribution < 1.29 is 76.6 Å². The first-order valence-corrected chi connectivity index (χ1v) is 18.8. The van der Waals surface area contributed by atoms with Crippen LogP contribution >= 0.6 is 23.2 Å². The molecular weight excluding hydrogens is 955 g/mol. The van der Waals surface area contributed by atoms with Crippen molar-refractivity contribution in [2.45, 2.75) is 62.2 Å². The Labute approximate surface area is 365 Å². The van der Waals surface area contributed by atoms with Gasteiger partial charge in [0, 0.05) is 60.8 Å². The molecule has 2 fully saturated rings. The number of alkyl halides is 12. The molecule has 15 nitrogen and oxygen atoms in total. The number of H-pyrrole nitrogens is 2. The van der Waals surface area contributed by atoms with E-state index in [9.17, 15) is 76.7 Å². The molecule has 0 aromatic carbocycles. The monoisotopic (exact) mass is 984 g/mol. The molecule has 0 bridgehead atoms. The summed E-state index contributed by atoms with van der Waals surface area (Å²) in [7, 11) is 0. The van der Waals surface area contributed by atoms with Crippen molar-refractivity contribution in [2.75, 3.05) is 26.2 Å². The molecule has 1 amide bonds. The van der Waals surface area contributed by atoms with Gasteiger partial charge in [0.05, 0.1) is 11.4 Å². The summed E-state index contributed by atoms with van der Waals surface area (Å²) in [5.41, 5.74) is 1.73. The number of aromatic amines is 2. The van der Waals surface area contributed by atoms with E-state index in [-0.39, 0.29) is 53.4 Å². The van der Waals surface area contributed by atoms with Gasteiger partial charge in [0.2, 0.25) is 6.29 Å². The number of nitrogens with one attached hydrogen (secondary N) is 3. The van der Waals surface area contributed by atoms with Crippen LogP contribution in [0.5, 0.6) is 0 Å². The number of ether oxygens (including phenoxy) is 1. The number of aromatic nitrogens is 6. The first-order valence-electron chi connectivity index (χ1n) is 18.0. The number of piperidine rings is 2. The highest BCUT2D eigenvalue weighted by molar-refractivity contribution is 6.31. The van der Waals surface area contributed by atoms with Crippen LogP contribution in [0.15, 0.2) is 58.6 Å². The number of nitrogens with zero attached hydrogens (tertiary/aromatic N) is 5. The Hall–Kier alpha value is -5.96. The molecule has 2 saturated heterocycles. The zero-order chi connectivity index (χ0) is 48.9. The summed E-state index contributed by atoms with van der Waals surface area (Å²) in [6, 6.07) is 6.97. The smallest absolute Gasteiger partial charge is 0.380 e. The summed E-state index contributed by atoms with van der Waals surface area (Å²) in [4.78, 5) is 86.4. The Morgan fingerprint density at radius 1 is 0.631 bits per heavy atom. The first kappa shape index (κ1) is 53.4. The van der Waals surface area contributed by atoms with Crippen molar-refractivity contribution in [1.82, 2.24) is 40.1 Å². The second kappa shape index (κ2) is 22.8. The maximum atomic E-state index is 12.5. The summed E-state index contributed by atoms with van der Waals surface area (Å²) >= 11 is 12.2. The molecule has 29 heteroatoms. The summed E-state index contributed by atoms with van der Waals surface area (Å²) in [6.07, 6.45) is -13.0. The third-order valence-electron chi connectivity index (χ3n) is 8.60. The van der Waals surface area contributed by atoms with Gasteiger partial charge in [-0.1, -0.05) is 23.2 Å². The molecule has 3 N–H and O–H groups in total. The highest BCUT2D eigenvalue weighted by atomic mass is 35.5. The fourth-order valence-corrected chi connectivity index (χ4v) is 6.10. The van der Waals surface area contributed by atoms with E-state index in [4.69, 9.17) is 28.0 Å². The number of amides is 1. The second-order valence-corrected chi connectivity index (χ2v) is 13.9. The fourth-order valence-electron chi connectivity index (χ4n) is 5.62. The second-order valence-electron chi connectivity index (χ2n) is 13.1. The van der Waals surface area contributed by atoms with Gasteiger partial charge in [0.1, 0.15) is 21.7 Å². The van der Waals surface area contributed by atoms with Crippen LogP contribution < -0.4 is 16.4 Å². The molecule has 4 aromatic rings. The van der Waals surface area contributed by atoms with E-state index in [1.165, 1.54) is 0 Å². The van der Waals surface area contributed by atoms with Crippen LogP contribution in [0.1, 0.15) is 48.9 Å². The Morgan fingerprint density at radius 3 is 1.31 bits per heavy atom. The third-order valence-corrected chi connectivity index (χ3v) is 9.33. The van der Waals surface area contributed by atoms with Crippen molar-refractivity contribution >= 4 is 47.3 Å². The molecule has 0 aliphatic carbocycles. The minimum Gasteiger partial charge on any atom is -0.380 e. The molecule has 2 aliphatic rings. The number of esters is 2. The number of hydrogen-bond acceptors (Lipinski definition) is 12. The van der Waals surface area contributed by atoms with Gasteiger partial charge < -0.3 is 24.9 Å². The van der Waals surface area contributed by atoms with E-state index in [2.05, 4.69) is 40.0 Å². The van der Waals surface area contributed by atoms with E-state index in [0.717, 1.165) is 36.4 Å². The number of aldehydes is 1. The average Bonchev–Trinajstić information content (AvgIpc) is 3.25. The molecule has 0 atom stereocenters. The molecule has 0 saturated carbocycles. The van der Waals surface area contributed by atoms with Gasteiger partial charge in [-0.15, -0.1) is 0 Å². The highest BCUT2D eigenvalue weighted by Crippen LogP contribution is 2.33. The Morgan fingerprint density at radius 2 is 0.985 bits per heavy atom. The molecule has 6 rings (SSSR count). The van der Waals surface area contributed by atoms with Gasteiger partial charge in [-0.3, -0.25) is 29.1 Å². The lowest BCUT2D eigenvalue weighted by atomic mass is 9.93. The van der Waals surface area contributed by atoms with Crippen molar-refractivity contribution in [3.05, 3.63) is 91.2 Å². The predicted molar refractivity (Wildman–Crippen MR) is 201 cm³/mol. The third kappa shape index (κ3) is 16.5. The lowest BCUT2D eigenvalue weighted by molar-refractivity contribution is -0.221. The van der Waals surface area contributed by atoms with Crippen molar-refractivity contribution in [3.8, 4) is 22.8 Å². The highest BCUT2D eigenvalue weighted by Gasteiger charge is 2.49. The van der Waals surface area contributed by atoms with Crippen molar-refractivity contribution in [1.29, 1.82) is 0 Å². The molecular formula is C36H30Cl2F12N8O7. The number of carbonyl (C=O) groups excluding carboxylic acids is 4. The van der Waals surface area contributed by atoms with Gasteiger partial charge in [0.25, 0.3) is 11.1 Å². The Bertz CT molecular complexity index is 2350. The maximum absolute atomic E-state index is 12.5. The van der Waals surface area contributed by atoms with E-state index in [1.54, 1.807) is 36.9 Å². The van der Waals surface area contributed by atoms with Crippen LogP contribution in [0, 0.1) is 0 Å². The minimum atomic E-state index is -5.62. The number of likely N-dealkylation sites (tertiary alicyclic amines) is 1. The Balaban J connectivity index is 0.000000255. The van der Waals surface area contributed by atoms with Crippen LogP contribution in [0.4, 0.5) is 52.7 Å². The van der Waals surface area contributed by atoms with Crippen molar-refractivity contribution in [2.24, 2.45) is 0 Å². The number of halogens is 14. The van der Waals surface area contributed by atoms with E-state index >= 15 is 0 Å². The van der Waals surface area contributed by atoms with E-state index in [0.29, 0.717) is 28.6 Å². The van der Waals surface area contributed by atoms with Crippen LogP contribution in [0.25, 0.3) is 22.8 Å². The largest absolute Gasteiger partial charge is 0.491 e. The quantitative estimate of drug-likeness (QED) is 0.0852. The van der Waals surface area contributed by atoms with Gasteiger partial charge in [-0.05, 0) is 63.0 Å². The molecule has 4 aromatic heterocycles. The fraction of sp³-hybridized carbons (Fsp3) is 0.389. The molecule has 65 heavy (non-hydrogen) atoms. The van der Waals surface area contributed by atoms with Gasteiger partial charge in [-0.2, -0.15) is 52.7 Å². The van der Waals surface area contributed by atoms with Gasteiger partial charge in [0.15, 0.2) is 0 Å². The van der Waals surface area contributed by atoms with Gasteiger partial charge >= 0.3 is 42.6 Å². The van der Waals surface area contributed by atoms with Crippen molar-refractivity contribution in [3.63, 3.8) is 0 Å². The van der Waals surface area contributed by atoms with Crippen LogP contribution in [0.3, 0.4) is 0 Å². The summed E-state index contributed by atoms with van der Waals surface area (Å²) in [5.74, 6) is -7.45. The summed E-state index contributed by atoms with van der Waals surface area (Å²) in [6.45, 7) is 1.72. The van der Waals surface area contributed by atoms with Crippen LogP contribution in [-0.2, 0) is 23.9 Å². The average molecular weight is 986 g/mol. The minimum absolute atomic E-state index is 0.0710. The first-order chi connectivity index (χ1) is 30.1.